The Bertz CT molecular complexity index is 697. The average Bonchev–Trinajstić information content (AvgIpc) is 3.11. The van der Waals surface area contributed by atoms with E-state index in [1.54, 1.807) is 6.20 Å². The topological polar surface area (TPSA) is 84.2 Å². The van der Waals surface area contributed by atoms with Crippen molar-refractivity contribution in [2.24, 2.45) is 0 Å². The standard InChI is InChI=1S/C16H21N5O2S/c1-10(14(22)19-16-17-6-8-24-16)21-7-2-3-12(9-21)13-18-15(23-20-13)11-4-5-11/h6,8,10-12H,2-5,7,9H2,1H3,(H,17,19,22)/t10-,12-/m0/s1. The number of nitrogens with zero attached hydrogens (tertiary/aromatic N) is 4. The fourth-order valence-corrected chi connectivity index (χ4v) is 3.67. The van der Waals surface area contributed by atoms with Gasteiger partial charge in [0.2, 0.25) is 11.8 Å². The molecule has 8 heteroatoms. The van der Waals surface area contributed by atoms with Crippen molar-refractivity contribution in [2.45, 2.75) is 50.5 Å². The van der Waals surface area contributed by atoms with Crippen molar-refractivity contribution in [1.29, 1.82) is 0 Å². The van der Waals surface area contributed by atoms with Crippen LogP contribution in [0.4, 0.5) is 5.13 Å². The molecule has 1 N–H and O–H groups in total. The number of nitrogens with one attached hydrogen (secondary N) is 1. The number of likely N-dealkylation sites (tertiary alicyclic amines) is 1. The summed E-state index contributed by atoms with van der Waals surface area (Å²) in [6.07, 6.45) is 6.09. The van der Waals surface area contributed by atoms with E-state index in [0.29, 0.717) is 11.0 Å². The molecule has 0 aromatic carbocycles. The van der Waals surface area contributed by atoms with Crippen molar-refractivity contribution in [1.82, 2.24) is 20.0 Å². The molecule has 128 valence electrons. The molecule has 2 fully saturated rings. The van der Waals surface area contributed by atoms with Crippen LogP contribution in [0, 0.1) is 0 Å². The Morgan fingerprint density at radius 2 is 2.29 bits per heavy atom. The molecule has 0 bridgehead atoms. The molecule has 2 atom stereocenters. The SMILES string of the molecule is C[C@@H](C(=O)Nc1nccs1)N1CCC[C@H](c2noc(C3CC3)n2)C1. The monoisotopic (exact) mass is 347 g/mol. The highest BCUT2D eigenvalue weighted by Gasteiger charge is 2.33. The van der Waals surface area contributed by atoms with Crippen molar-refractivity contribution < 1.29 is 9.32 Å². The van der Waals surface area contributed by atoms with Gasteiger partial charge in [-0.2, -0.15) is 4.98 Å². The van der Waals surface area contributed by atoms with E-state index < -0.39 is 0 Å². The summed E-state index contributed by atoms with van der Waals surface area (Å²) in [5.74, 6) is 2.29. The summed E-state index contributed by atoms with van der Waals surface area (Å²) in [7, 11) is 0. The molecule has 1 aliphatic heterocycles. The van der Waals surface area contributed by atoms with Crippen LogP contribution in [-0.2, 0) is 4.79 Å². The van der Waals surface area contributed by atoms with Gasteiger partial charge < -0.3 is 9.84 Å². The predicted molar refractivity (Wildman–Crippen MR) is 90.0 cm³/mol. The van der Waals surface area contributed by atoms with Crippen LogP contribution in [0.3, 0.4) is 0 Å². The minimum Gasteiger partial charge on any atom is -0.339 e. The summed E-state index contributed by atoms with van der Waals surface area (Å²) >= 11 is 1.43. The lowest BCUT2D eigenvalue weighted by atomic mass is 9.96. The van der Waals surface area contributed by atoms with E-state index in [2.05, 4.69) is 25.3 Å². The van der Waals surface area contributed by atoms with Crippen molar-refractivity contribution in [3.8, 4) is 0 Å². The zero-order valence-corrected chi connectivity index (χ0v) is 14.5. The molecule has 2 aromatic rings. The van der Waals surface area contributed by atoms with Gasteiger partial charge in [-0.1, -0.05) is 5.16 Å². The predicted octanol–water partition coefficient (Wildman–Crippen LogP) is 2.61. The number of amides is 1. The number of hydrogen-bond donors (Lipinski definition) is 1. The van der Waals surface area contributed by atoms with E-state index in [9.17, 15) is 4.79 Å². The normalized spacial score (nSPS) is 23.1. The maximum atomic E-state index is 12.4. The molecule has 3 heterocycles. The van der Waals surface area contributed by atoms with E-state index >= 15 is 0 Å². The van der Waals surface area contributed by atoms with Crippen LogP contribution in [0.15, 0.2) is 16.1 Å². The Morgan fingerprint density at radius 3 is 3.04 bits per heavy atom. The van der Waals surface area contributed by atoms with Crippen molar-refractivity contribution in [2.75, 3.05) is 18.4 Å². The first-order valence-corrected chi connectivity index (χ1v) is 9.36. The van der Waals surface area contributed by atoms with Crippen LogP contribution in [-0.4, -0.2) is 45.1 Å². The lowest BCUT2D eigenvalue weighted by molar-refractivity contribution is -0.121. The second-order valence-electron chi connectivity index (χ2n) is 6.60. The molecule has 7 nitrogen and oxygen atoms in total. The van der Waals surface area contributed by atoms with Gasteiger partial charge in [0.25, 0.3) is 0 Å². The Labute approximate surface area is 144 Å². The number of rotatable bonds is 5. The average molecular weight is 347 g/mol. The van der Waals surface area contributed by atoms with Gasteiger partial charge in [0.1, 0.15) is 0 Å². The number of thiazole rings is 1. The van der Waals surface area contributed by atoms with Crippen molar-refractivity contribution in [3.05, 3.63) is 23.3 Å². The van der Waals surface area contributed by atoms with Crippen LogP contribution in [0.2, 0.25) is 0 Å². The smallest absolute Gasteiger partial charge is 0.243 e. The Kier molecular flexibility index (Phi) is 4.32. The minimum absolute atomic E-state index is 0.0163. The van der Waals surface area contributed by atoms with Gasteiger partial charge in [0.05, 0.1) is 6.04 Å². The number of anilines is 1. The zero-order valence-electron chi connectivity index (χ0n) is 13.6. The van der Waals surface area contributed by atoms with E-state index in [0.717, 1.165) is 50.5 Å². The largest absolute Gasteiger partial charge is 0.339 e. The molecular formula is C16H21N5O2S. The highest BCUT2D eigenvalue weighted by molar-refractivity contribution is 7.13. The molecule has 1 amide bonds. The van der Waals surface area contributed by atoms with Crippen molar-refractivity contribution >= 4 is 22.4 Å². The first kappa shape index (κ1) is 15.7. The fourth-order valence-electron chi connectivity index (χ4n) is 3.14. The van der Waals surface area contributed by atoms with Gasteiger partial charge >= 0.3 is 0 Å². The van der Waals surface area contributed by atoms with Crippen LogP contribution >= 0.6 is 11.3 Å². The number of carbonyl (C=O) groups is 1. The Balaban J connectivity index is 1.38. The molecule has 0 spiro atoms. The van der Waals surface area contributed by atoms with Gasteiger partial charge in [0.15, 0.2) is 11.0 Å². The molecule has 1 aliphatic carbocycles. The van der Waals surface area contributed by atoms with E-state index in [1.807, 2.05) is 12.3 Å². The summed E-state index contributed by atoms with van der Waals surface area (Å²) in [5.41, 5.74) is 0. The highest BCUT2D eigenvalue weighted by atomic mass is 32.1. The lowest BCUT2D eigenvalue weighted by Gasteiger charge is -2.34. The molecule has 4 rings (SSSR count). The van der Waals surface area contributed by atoms with Crippen LogP contribution < -0.4 is 5.32 Å². The maximum absolute atomic E-state index is 12.4. The van der Waals surface area contributed by atoms with Gasteiger partial charge in [-0.15, -0.1) is 11.3 Å². The molecule has 0 radical (unpaired) electrons. The first-order chi connectivity index (χ1) is 11.7. The minimum atomic E-state index is -0.202. The van der Waals surface area contributed by atoms with E-state index in [4.69, 9.17) is 4.52 Å². The van der Waals surface area contributed by atoms with Crippen LogP contribution in [0.1, 0.15) is 56.2 Å². The molecule has 1 saturated carbocycles. The second kappa shape index (κ2) is 6.60. The summed E-state index contributed by atoms with van der Waals surface area (Å²) in [6, 6.07) is -0.202. The highest BCUT2D eigenvalue weighted by Crippen LogP contribution is 2.39. The molecule has 2 aliphatic rings. The molecule has 2 aromatic heterocycles. The van der Waals surface area contributed by atoms with E-state index in [-0.39, 0.29) is 17.9 Å². The molecule has 24 heavy (non-hydrogen) atoms. The van der Waals surface area contributed by atoms with Crippen LogP contribution in [0.5, 0.6) is 0 Å². The molecule has 1 saturated heterocycles. The summed E-state index contributed by atoms with van der Waals surface area (Å²) in [5, 5.41) is 9.55. The van der Waals surface area contributed by atoms with Crippen LogP contribution in [0.25, 0.3) is 0 Å². The quantitative estimate of drug-likeness (QED) is 0.895. The molecular weight excluding hydrogens is 326 g/mol. The zero-order chi connectivity index (χ0) is 16.5. The maximum Gasteiger partial charge on any atom is 0.243 e. The summed E-state index contributed by atoms with van der Waals surface area (Å²) in [6.45, 7) is 3.64. The Hall–Kier alpha value is -1.80. The van der Waals surface area contributed by atoms with Gasteiger partial charge in [-0.25, -0.2) is 4.98 Å². The Morgan fingerprint density at radius 1 is 1.42 bits per heavy atom. The van der Waals surface area contributed by atoms with Crippen molar-refractivity contribution in [3.63, 3.8) is 0 Å². The van der Waals surface area contributed by atoms with Gasteiger partial charge in [-0.05, 0) is 39.2 Å². The summed E-state index contributed by atoms with van der Waals surface area (Å²) < 4.78 is 5.39. The number of carbonyl (C=O) groups excluding carboxylic acids is 1. The lowest BCUT2D eigenvalue weighted by Crippen LogP contribution is -2.46. The third kappa shape index (κ3) is 3.34. The summed E-state index contributed by atoms with van der Waals surface area (Å²) in [4.78, 5) is 23.3. The fraction of sp³-hybridized carbons (Fsp3) is 0.625. The number of aromatic nitrogens is 3. The number of piperidine rings is 1. The third-order valence-corrected chi connectivity index (χ3v) is 5.48. The third-order valence-electron chi connectivity index (χ3n) is 4.79. The van der Waals surface area contributed by atoms with E-state index in [1.165, 1.54) is 11.3 Å². The first-order valence-electron chi connectivity index (χ1n) is 8.48. The van der Waals surface area contributed by atoms with Gasteiger partial charge in [-0.3, -0.25) is 9.69 Å². The molecule has 0 unspecified atom stereocenters. The second-order valence-corrected chi connectivity index (χ2v) is 7.50. The van der Waals surface area contributed by atoms with Gasteiger partial charge in [0, 0.05) is 30.0 Å². The number of hydrogen-bond acceptors (Lipinski definition) is 7.